The molecule has 0 spiro atoms. The Morgan fingerprint density at radius 3 is 1.37 bits per heavy atom. The monoisotopic (exact) mass is 602 g/mol. The highest BCUT2D eigenvalue weighted by Gasteiger charge is 2.54. The van der Waals surface area contributed by atoms with Crippen molar-refractivity contribution in [2.45, 2.75) is 72.4 Å². The molecule has 1 aromatic heterocycles. The number of carbonyl (C=O) groups is 6. The highest BCUT2D eigenvalue weighted by atomic mass is 16.6. The normalized spacial score (nSPS) is 11.3. The number of nitrogens with zero attached hydrogens (tertiary/aromatic N) is 2. The molecule has 0 bridgehead atoms. The number of hydrogen-bond donors (Lipinski definition) is 2. The van der Waals surface area contributed by atoms with Crippen LogP contribution in [-0.2, 0) is 60.6 Å². The third-order valence-electron chi connectivity index (χ3n) is 6.19. The van der Waals surface area contributed by atoms with Crippen molar-refractivity contribution in [3.05, 3.63) is 35.2 Å². The molecule has 0 unspecified atom stereocenters. The molecular weight excluding hydrogens is 564 g/mol. The van der Waals surface area contributed by atoms with Crippen LogP contribution in [0.25, 0.3) is 11.0 Å². The van der Waals surface area contributed by atoms with E-state index >= 15 is 0 Å². The van der Waals surface area contributed by atoms with Crippen LogP contribution in [0.3, 0.4) is 0 Å². The molecule has 14 heteroatoms. The molecular formula is C29H38N4O10. The number of benzene rings is 1. The van der Waals surface area contributed by atoms with Gasteiger partial charge in [-0.3, -0.25) is 9.59 Å². The smallest absolute Gasteiger partial charge is 0.344 e. The van der Waals surface area contributed by atoms with Crippen LogP contribution in [0.2, 0.25) is 0 Å². The van der Waals surface area contributed by atoms with E-state index in [-0.39, 0.29) is 37.8 Å². The number of hydrogen-bond acceptors (Lipinski definition) is 12. The number of aryl methyl sites for hydroxylation is 1. The van der Waals surface area contributed by atoms with Crippen LogP contribution in [0.4, 0.5) is 0 Å². The molecule has 43 heavy (non-hydrogen) atoms. The van der Waals surface area contributed by atoms with E-state index in [1.807, 2.05) is 0 Å². The minimum absolute atomic E-state index is 0.0695. The van der Waals surface area contributed by atoms with Gasteiger partial charge >= 0.3 is 23.9 Å². The molecule has 0 aliphatic heterocycles. The van der Waals surface area contributed by atoms with Crippen molar-refractivity contribution in [1.29, 1.82) is 0 Å². The second-order valence-corrected chi connectivity index (χ2v) is 9.47. The van der Waals surface area contributed by atoms with Crippen LogP contribution in [0.5, 0.6) is 0 Å². The van der Waals surface area contributed by atoms with E-state index < -0.39 is 59.6 Å². The molecule has 0 saturated heterocycles. The maximum absolute atomic E-state index is 13.4. The summed E-state index contributed by atoms with van der Waals surface area (Å²) in [6.07, 6.45) is -1.28. The number of amides is 2. The largest absolute Gasteiger partial charge is 0.464 e. The van der Waals surface area contributed by atoms with Gasteiger partial charge in [0.1, 0.15) is 0 Å². The lowest BCUT2D eigenvalue weighted by molar-refractivity contribution is -0.169. The van der Waals surface area contributed by atoms with Crippen LogP contribution in [-0.4, -0.2) is 83.2 Å². The van der Waals surface area contributed by atoms with E-state index in [0.717, 1.165) is 13.8 Å². The molecule has 1 aromatic carbocycles. The number of aromatic nitrogens is 2. The fraction of sp³-hybridized carbons (Fsp3) is 0.517. The minimum Gasteiger partial charge on any atom is -0.464 e. The highest BCUT2D eigenvalue weighted by Crippen LogP contribution is 2.27. The Balaban J connectivity index is 2.98. The third-order valence-corrected chi connectivity index (χ3v) is 6.19. The van der Waals surface area contributed by atoms with E-state index in [1.165, 1.54) is 27.7 Å². The molecule has 0 radical (unpaired) electrons. The number of fused-ring (bicyclic) bond motifs is 1. The summed E-state index contributed by atoms with van der Waals surface area (Å²) in [4.78, 5) is 87.6. The van der Waals surface area contributed by atoms with Gasteiger partial charge in [0.05, 0.1) is 48.8 Å². The van der Waals surface area contributed by atoms with Gasteiger partial charge < -0.3 is 29.6 Å². The molecule has 2 rings (SSSR count). The zero-order valence-electron chi connectivity index (χ0n) is 25.5. The molecule has 234 valence electrons. The van der Waals surface area contributed by atoms with Crippen molar-refractivity contribution in [2.75, 3.05) is 26.4 Å². The minimum atomic E-state index is -2.41. The van der Waals surface area contributed by atoms with E-state index in [2.05, 4.69) is 20.6 Å². The third kappa shape index (κ3) is 7.81. The Morgan fingerprint density at radius 1 is 0.651 bits per heavy atom. The molecule has 0 aliphatic carbocycles. The molecule has 2 amide bonds. The number of nitrogens with one attached hydrogen (secondary N) is 2. The Hall–Kier alpha value is -4.62. The van der Waals surface area contributed by atoms with Gasteiger partial charge in [-0.2, -0.15) is 0 Å². The topological polar surface area (TPSA) is 189 Å². The summed E-state index contributed by atoms with van der Waals surface area (Å²) in [5, 5.41) is 4.74. The molecule has 0 saturated carbocycles. The molecule has 0 aliphatic rings. The van der Waals surface area contributed by atoms with Gasteiger partial charge in [0.25, 0.3) is 0 Å². The summed E-state index contributed by atoms with van der Waals surface area (Å²) in [5.41, 5.74) is -3.56. The molecule has 14 nitrogen and oxygen atoms in total. The summed E-state index contributed by atoms with van der Waals surface area (Å²) in [6, 6.07) is 5.11. The van der Waals surface area contributed by atoms with Crippen LogP contribution >= 0.6 is 0 Å². The maximum atomic E-state index is 13.4. The quantitative estimate of drug-likeness (QED) is 0.178. The lowest BCUT2D eigenvalue weighted by atomic mass is 9.87. The van der Waals surface area contributed by atoms with Gasteiger partial charge in [-0.1, -0.05) is 12.1 Å². The summed E-state index contributed by atoms with van der Waals surface area (Å²) in [5.74, 6) is -5.99. The number of rotatable bonds is 14. The Morgan fingerprint density at radius 2 is 1.02 bits per heavy atom. The first-order valence-electron chi connectivity index (χ1n) is 13.8. The fourth-order valence-electron chi connectivity index (χ4n) is 4.44. The lowest BCUT2D eigenvalue weighted by Gasteiger charge is -2.32. The van der Waals surface area contributed by atoms with Crippen molar-refractivity contribution in [3.63, 3.8) is 0 Å². The number of ether oxygens (including phenoxy) is 4. The van der Waals surface area contributed by atoms with E-state index in [4.69, 9.17) is 18.9 Å². The number of para-hydroxylation sites is 1. The van der Waals surface area contributed by atoms with Crippen molar-refractivity contribution >= 4 is 46.7 Å². The first-order valence-corrected chi connectivity index (χ1v) is 13.8. The second kappa shape index (κ2) is 15.0. The van der Waals surface area contributed by atoms with Gasteiger partial charge in [-0.25, -0.2) is 29.1 Å². The van der Waals surface area contributed by atoms with Gasteiger partial charge in [0.15, 0.2) is 0 Å². The van der Waals surface area contributed by atoms with E-state index in [9.17, 15) is 28.8 Å². The maximum Gasteiger partial charge on any atom is 0.344 e. The van der Waals surface area contributed by atoms with E-state index in [1.54, 1.807) is 25.1 Å². The van der Waals surface area contributed by atoms with Gasteiger partial charge in [0, 0.05) is 26.7 Å². The molecule has 0 fully saturated rings. The Bertz CT molecular complexity index is 1350. The predicted molar refractivity (Wildman–Crippen MR) is 151 cm³/mol. The fourth-order valence-corrected chi connectivity index (χ4v) is 4.44. The Kier molecular flexibility index (Phi) is 12.1. The Labute approximate surface area is 249 Å². The van der Waals surface area contributed by atoms with Crippen molar-refractivity contribution in [3.8, 4) is 0 Å². The van der Waals surface area contributed by atoms with Crippen LogP contribution in [0, 0.1) is 6.92 Å². The molecule has 0 atom stereocenters. The first-order chi connectivity index (χ1) is 20.3. The highest BCUT2D eigenvalue weighted by molar-refractivity contribution is 6.09. The second-order valence-electron chi connectivity index (χ2n) is 9.47. The zero-order chi connectivity index (χ0) is 32.4. The first kappa shape index (κ1) is 34.6. The lowest BCUT2D eigenvalue weighted by Crippen LogP contribution is -2.63. The predicted octanol–water partition coefficient (Wildman–Crippen LogP) is 1.03. The van der Waals surface area contributed by atoms with Crippen LogP contribution in [0.1, 0.15) is 58.5 Å². The summed E-state index contributed by atoms with van der Waals surface area (Å²) < 4.78 is 20.7. The SMILES string of the molecule is CCOC(=O)C(Cc1nc2cccc(C)c2nc1CC(NC(C)=O)(C(=O)OCC)C(=O)OCC)(NC(C)=O)C(=O)OCC. The van der Waals surface area contributed by atoms with Gasteiger partial charge in [-0.15, -0.1) is 0 Å². The van der Waals surface area contributed by atoms with Crippen molar-refractivity contribution < 1.29 is 47.7 Å². The molecule has 1 heterocycles. The average Bonchev–Trinajstić information content (AvgIpc) is 2.92. The average molecular weight is 603 g/mol. The van der Waals surface area contributed by atoms with E-state index in [0.29, 0.717) is 16.6 Å². The number of carbonyl (C=O) groups excluding carboxylic acids is 6. The van der Waals surface area contributed by atoms with Crippen molar-refractivity contribution in [2.24, 2.45) is 0 Å². The standard InChI is InChI=1S/C29H38N4O10/c1-8-40-24(36)28(32-18(6)34,25(37)41-9-2)15-21-22(31-23-17(5)13-12-14-20(23)30-21)16-29(33-19(7)35,26(38)42-10-3)27(39)43-11-4/h12-14H,8-11,15-16H2,1-7H3,(H,32,34)(H,33,35). The molecule has 2 aromatic rings. The molecule has 2 N–H and O–H groups in total. The number of esters is 4. The zero-order valence-corrected chi connectivity index (χ0v) is 25.5. The van der Waals surface area contributed by atoms with Gasteiger partial charge in [0.2, 0.25) is 22.9 Å². The summed E-state index contributed by atoms with van der Waals surface area (Å²) in [6.45, 7) is 9.52. The van der Waals surface area contributed by atoms with Crippen molar-refractivity contribution in [1.82, 2.24) is 20.6 Å². The van der Waals surface area contributed by atoms with Crippen LogP contribution in [0.15, 0.2) is 18.2 Å². The van der Waals surface area contributed by atoms with Crippen LogP contribution < -0.4 is 10.6 Å². The van der Waals surface area contributed by atoms with Gasteiger partial charge in [-0.05, 0) is 46.2 Å². The summed E-state index contributed by atoms with van der Waals surface area (Å²) >= 11 is 0. The summed E-state index contributed by atoms with van der Waals surface area (Å²) in [7, 11) is 0.